The molecule has 0 aliphatic rings. The van der Waals surface area contributed by atoms with Gasteiger partial charge in [0, 0.05) is 10.9 Å². The van der Waals surface area contributed by atoms with Crippen molar-refractivity contribution in [3.8, 4) is 0 Å². The zero-order valence-corrected chi connectivity index (χ0v) is 9.32. The summed E-state index contributed by atoms with van der Waals surface area (Å²) in [5.41, 5.74) is 6.54. The zero-order valence-electron chi connectivity index (χ0n) is 9.32. The van der Waals surface area contributed by atoms with Gasteiger partial charge in [0.2, 0.25) is 5.76 Å². The molecule has 0 fully saturated rings. The second kappa shape index (κ2) is 4.29. The molecule has 0 saturated heterocycles. The highest BCUT2D eigenvalue weighted by atomic mass is 16.5. The van der Waals surface area contributed by atoms with E-state index in [9.17, 15) is 4.79 Å². The van der Waals surface area contributed by atoms with Gasteiger partial charge in [0.25, 0.3) is 0 Å². The Morgan fingerprint density at radius 3 is 2.88 bits per heavy atom. The van der Waals surface area contributed by atoms with Crippen LogP contribution >= 0.6 is 0 Å². The Morgan fingerprint density at radius 1 is 1.47 bits per heavy atom. The van der Waals surface area contributed by atoms with Crippen LogP contribution in [0.4, 0.5) is 0 Å². The number of esters is 1. The first kappa shape index (κ1) is 11.2. The van der Waals surface area contributed by atoms with E-state index in [-0.39, 0.29) is 11.6 Å². The Hall–Kier alpha value is -2.30. The summed E-state index contributed by atoms with van der Waals surface area (Å²) in [6.45, 7) is 2.03. The molecular formula is C12H12N2O3. The summed E-state index contributed by atoms with van der Waals surface area (Å²) in [4.78, 5) is 11.5. The number of hydrogen-bond acceptors (Lipinski definition) is 4. The molecule has 2 aromatic rings. The Balaban J connectivity index is 2.43. The Kier molecular flexibility index (Phi) is 2.82. The minimum absolute atomic E-state index is 0.0224. The Morgan fingerprint density at radius 2 is 2.24 bits per heavy atom. The summed E-state index contributed by atoms with van der Waals surface area (Å²) in [6.07, 6.45) is 0. The number of nitrogens with one attached hydrogen (secondary N) is 1. The number of fused-ring (bicyclic) bond motifs is 1. The van der Waals surface area contributed by atoms with Gasteiger partial charge in [-0.1, -0.05) is 0 Å². The monoisotopic (exact) mass is 232 g/mol. The average molecular weight is 232 g/mol. The van der Waals surface area contributed by atoms with Crippen molar-refractivity contribution in [3.05, 3.63) is 35.6 Å². The van der Waals surface area contributed by atoms with Crippen LogP contribution in [0.2, 0.25) is 0 Å². The first-order chi connectivity index (χ1) is 8.11. The number of ether oxygens (including phenoxy) is 1. The van der Waals surface area contributed by atoms with Gasteiger partial charge in [-0.3, -0.25) is 5.41 Å². The minimum atomic E-state index is -0.493. The van der Waals surface area contributed by atoms with Gasteiger partial charge in [-0.15, -0.1) is 0 Å². The van der Waals surface area contributed by atoms with Crippen molar-refractivity contribution in [2.24, 2.45) is 5.73 Å². The van der Waals surface area contributed by atoms with E-state index in [0.29, 0.717) is 17.8 Å². The number of amidine groups is 1. The second-order valence-electron chi connectivity index (χ2n) is 3.50. The quantitative estimate of drug-likeness (QED) is 0.480. The standard InChI is InChI=1S/C12H12N2O3/c1-2-16-12(15)10-6-8-5-7(11(13)14)3-4-9(8)17-10/h3-6H,2H2,1H3,(H3,13,14). The fraction of sp³-hybridized carbons (Fsp3) is 0.167. The average Bonchev–Trinajstić information content (AvgIpc) is 2.71. The minimum Gasteiger partial charge on any atom is -0.460 e. The number of carbonyl (C=O) groups excluding carboxylic acids is 1. The molecular weight excluding hydrogens is 220 g/mol. The lowest BCUT2D eigenvalue weighted by Gasteiger charge is -1.96. The predicted octanol–water partition coefficient (Wildman–Crippen LogP) is 1.89. The van der Waals surface area contributed by atoms with Gasteiger partial charge in [0.1, 0.15) is 11.4 Å². The number of hydrogen-bond donors (Lipinski definition) is 2. The van der Waals surface area contributed by atoms with E-state index in [0.717, 1.165) is 5.39 Å². The summed E-state index contributed by atoms with van der Waals surface area (Å²) in [5.74, 6) is -0.360. The Bertz CT molecular complexity index is 586. The van der Waals surface area contributed by atoms with Crippen LogP contribution in [0.25, 0.3) is 11.0 Å². The van der Waals surface area contributed by atoms with Gasteiger partial charge in [0.15, 0.2) is 0 Å². The van der Waals surface area contributed by atoms with Gasteiger partial charge in [-0.25, -0.2) is 4.79 Å². The van der Waals surface area contributed by atoms with Crippen molar-refractivity contribution in [2.45, 2.75) is 6.92 Å². The third-order valence-electron chi connectivity index (χ3n) is 2.30. The highest BCUT2D eigenvalue weighted by Crippen LogP contribution is 2.21. The highest BCUT2D eigenvalue weighted by molar-refractivity contribution is 5.99. The maximum Gasteiger partial charge on any atom is 0.374 e. The maximum atomic E-state index is 11.5. The van der Waals surface area contributed by atoms with Crippen molar-refractivity contribution in [1.82, 2.24) is 0 Å². The summed E-state index contributed by atoms with van der Waals surface area (Å²) in [5, 5.41) is 8.05. The summed E-state index contributed by atoms with van der Waals surface area (Å²) in [7, 11) is 0. The molecule has 1 heterocycles. The van der Waals surface area contributed by atoms with E-state index in [2.05, 4.69) is 0 Å². The summed E-state index contributed by atoms with van der Waals surface area (Å²) < 4.78 is 10.2. The third kappa shape index (κ3) is 2.13. The van der Waals surface area contributed by atoms with Crippen LogP contribution in [-0.2, 0) is 4.74 Å². The fourth-order valence-corrected chi connectivity index (χ4v) is 1.51. The van der Waals surface area contributed by atoms with Crippen LogP contribution in [0.5, 0.6) is 0 Å². The van der Waals surface area contributed by atoms with E-state index in [1.807, 2.05) is 0 Å². The second-order valence-corrected chi connectivity index (χ2v) is 3.50. The van der Waals surface area contributed by atoms with E-state index in [1.54, 1.807) is 31.2 Å². The van der Waals surface area contributed by atoms with E-state index < -0.39 is 5.97 Å². The van der Waals surface area contributed by atoms with Crippen LogP contribution in [0, 0.1) is 5.41 Å². The van der Waals surface area contributed by atoms with E-state index >= 15 is 0 Å². The van der Waals surface area contributed by atoms with Gasteiger partial charge >= 0.3 is 5.97 Å². The summed E-state index contributed by atoms with van der Waals surface area (Å²) >= 11 is 0. The van der Waals surface area contributed by atoms with E-state index in [4.69, 9.17) is 20.3 Å². The molecule has 0 unspecified atom stereocenters. The van der Waals surface area contributed by atoms with Crippen LogP contribution in [0.1, 0.15) is 23.0 Å². The molecule has 1 aromatic heterocycles. The Labute approximate surface area is 97.7 Å². The molecule has 0 saturated carbocycles. The van der Waals surface area contributed by atoms with Crippen molar-refractivity contribution >= 4 is 22.8 Å². The SMILES string of the molecule is CCOC(=O)c1cc2cc(C(=N)N)ccc2o1. The molecule has 0 atom stereocenters. The normalized spacial score (nSPS) is 10.4. The molecule has 3 N–H and O–H groups in total. The number of carbonyl (C=O) groups is 1. The third-order valence-corrected chi connectivity index (χ3v) is 2.30. The largest absolute Gasteiger partial charge is 0.460 e. The molecule has 0 bridgehead atoms. The predicted molar refractivity (Wildman–Crippen MR) is 63.2 cm³/mol. The van der Waals surface area contributed by atoms with Crippen LogP contribution in [0.15, 0.2) is 28.7 Å². The molecule has 5 nitrogen and oxygen atoms in total. The van der Waals surface area contributed by atoms with Crippen LogP contribution in [-0.4, -0.2) is 18.4 Å². The van der Waals surface area contributed by atoms with Gasteiger partial charge < -0.3 is 14.9 Å². The number of rotatable bonds is 3. The van der Waals surface area contributed by atoms with Crippen molar-refractivity contribution < 1.29 is 13.9 Å². The zero-order chi connectivity index (χ0) is 12.4. The lowest BCUT2D eigenvalue weighted by Crippen LogP contribution is -2.10. The molecule has 17 heavy (non-hydrogen) atoms. The van der Waals surface area contributed by atoms with Gasteiger partial charge in [-0.2, -0.15) is 0 Å². The summed E-state index contributed by atoms with van der Waals surface area (Å²) in [6, 6.07) is 6.63. The lowest BCUT2D eigenvalue weighted by atomic mass is 10.1. The van der Waals surface area contributed by atoms with Gasteiger partial charge in [0.05, 0.1) is 6.61 Å². The van der Waals surface area contributed by atoms with Gasteiger partial charge in [-0.05, 0) is 31.2 Å². The first-order valence-electron chi connectivity index (χ1n) is 5.17. The molecule has 0 spiro atoms. The molecule has 5 heteroatoms. The fourth-order valence-electron chi connectivity index (χ4n) is 1.51. The highest BCUT2D eigenvalue weighted by Gasteiger charge is 2.13. The number of furan rings is 1. The van der Waals surface area contributed by atoms with Crippen molar-refractivity contribution in [1.29, 1.82) is 5.41 Å². The maximum absolute atomic E-state index is 11.5. The molecule has 0 radical (unpaired) electrons. The molecule has 0 aliphatic carbocycles. The first-order valence-corrected chi connectivity index (χ1v) is 5.17. The topological polar surface area (TPSA) is 89.3 Å². The van der Waals surface area contributed by atoms with E-state index in [1.165, 1.54) is 0 Å². The molecule has 2 rings (SSSR count). The van der Waals surface area contributed by atoms with Crippen LogP contribution in [0.3, 0.4) is 0 Å². The number of nitrogens with two attached hydrogens (primary N) is 1. The number of nitrogen functional groups attached to an aromatic ring is 1. The van der Waals surface area contributed by atoms with Crippen LogP contribution < -0.4 is 5.73 Å². The lowest BCUT2D eigenvalue weighted by molar-refractivity contribution is 0.0492. The number of benzene rings is 1. The van der Waals surface area contributed by atoms with Crippen molar-refractivity contribution in [2.75, 3.05) is 6.61 Å². The molecule has 88 valence electrons. The molecule has 1 aromatic carbocycles. The van der Waals surface area contributed by atoms with Crippen molar-refractivity contribution in [3.63, 3.8) is 0 Å². The molecule has 0 aliphatic heterocycles. The smallest absolute Gasteiger partial charge is 0.374 e. The molecule has 0 amide bonds.